The van der Waals surface area contributed by atoms with Crippen molar-refractivity contribution in [3.8, 4) is 0 Å². The normalized spacial score (nSPS) is 15.8. The minimum absolute atomic E-state index is 0. The van der Waals surface area contributed by atoms with E-state index in [1.54, 1.807) is 4.90 Å². The molecule has 136 valence electrons. The molecular weight excluding hydrogens is 423 g/mol. The van der Waals surface area contributed by atoms with Gasteiger partial charge < -0.3 is 20.7 Å². The van der Waals surface area contributed by atoms with Gasteiger partial charge in [0, 0.05) is 30.4 Å². The van der Waals surface area contributed by atoms with Crippen LogP contribution in [0.5, 0.6) is 0 Å². The number of piperidine rings is 1. The number of rotatable bonds is 4. The minimum atomic E-state index is -0.238. The summed E-state index contributed by atoms with van der Waals surface area (Å²) >= 11 is 0. The lowest BCUT2D eigenvalue weighted by Gasteiger charge is -2.31. The Morgan fingerprint density at radius 1 is 1.46 bits per heavy atom. The van der Waals surface area contributed by atoms with Gasteiger partial charge in [0.2, 0.25) is 0 Å². The van der Waals surface area contributed by atoms with E-state index in [9.17, 15) is 4.79 Å². The molecule has 0 saturated carbocycles. The van der Waals surface area contributed by atoms with Gasteiger partial charge in [-0.1, -0.05) is 0 Å². The van der Waals surface area contributed by atoms with Gasteiger partial charge in [0.05, 0.1) is 18.8 Å². The van der Waals surface area contributed by atoms with E-state index in [0.29, 0.717) is 32.2 Å². The number of aromatic amines is 1. The maximum atomic E-state index is 11.7. The molecule has 1 fully saturated rings. The first-order chi connectivity index (χ1) is 11.0. The van der Waals surface area contributed by atoms with Gasteiger partial charge >= 0.3 is 6.09 Å². The predicted octanol–water partition coefficient (Wildman–Crippen LogP) is 1.67. The Morgan fingerprint density at radius 2 is 2.12 bits per heavy atom. The molecule has 1 saturated heterocycles. The summed E-state index contributed by atoms with van der Waals surface area (Å²) in [5.41, 5.74) is 9.00. The SMILES string of the molecule is CCOC(=O)N1CCC(NC(N)=NCc2c(C)n[nH]c2C)CC1.I. The molecule has 2 rings (SSSR count). The highest BCUT2D eigenvalue weighted by molar-refractivity contribution is 14.0. The molecule has 1 aromatic rings. The van der Waals surface area contributed by atoms with E-state index in [2.05, 4.69) is 20.5 Å². The summed E-state index contributed by atoms with van der Waals surface area (Å²) < 4.78 is 5.01. The third-order valence-corrected chi connectivity index (χ3v) is 4.06. The van der Waals surface area contributed by atoms with Gasteiger partial charge in [-0.05, 0) is 33.6 Å². The number of nitrogens with two attached hydrogens (primary N) is 1. The maximum absolute atomic E-state index is 11.7. The van der Waals surface area contributed by atoms with E-state index < -0.39 is 0 Å². The Bertz CT molecular complexity index is 547. The third-order valence-electron chi connectivity index (χ3n) is 4.06. The topological polar surface area (TPSA) is 109 Å². The van der Waals surface area contributed by atoms with Gasteiger partial charge in [0.25, 0.3) is 0 Å². The molecule has 1 aliphatic heterocycles. The number of carbonyl (C=O) groups excluding carboxylic acids is 1. The van der Waals surface area contributed by atoms with Crippen molar-refractivity contribution in [2.75, 3.05) is 19.7 Å². The first kappa shape index (κ1) is 20.5. The van der Waals surface area contributed by atoms with E-state index in [0.717, 1.165) is 29.8 Å². The Hall–Kier alpha value is -1.52. The quantitative estimate of drug-likeness (QED) is 0.368. The van der Waals surface area contributed by atoms with Crippen LogP contribution in [-0.2, 0) is 11.3 Å². The minimum Gasteiger partial charge on any atom is -0.450 e. The lowest BCUT2D eigenvalue weighted by molar-refractivity contribution is 0.0963. The Morgan fingerprint density at radius 3 is 2.67 bits per heavy atom. The van der Waals surface area contributed by atoms with Gasteiger partial charge in [-0.15, -0.1) is 24.0 Å². The number of ether oxygens (including phenoxy) is 1. The monoisotopic (exact) mass is 450 g/mol. The Labute approximate surface area is 159 Å². The number of aromatic nitrogens is 2. The van der Waals surface area contributed by atoms with E-state index in [4.69, 9.17) is 10.5 Å². The second kappa shape index (κ2) is 9.70. The van der Waals surface area contributed by atoms with Crippen molar-refractivity contribution < 1.29 is 9.53 Å². The second-order valence-corrected chi connectivity index (χ2v) is 5.72. The predicted molar refractivity (Wildman–Crippen MR) is 104 cm³/mol. The zero-order valence-corrected chi connectivity index (χ0v) is 16.8. The number of guanidine groups is 1. The number of likely N-dealkylation sites (tertiary alicyclic amines) is 1. The van der Waals surface area contributed by atoms with Crippen LogP contribution in [0.3, 0.4) is 0 Å². The van der Waals surface area contributed by atoms with Crippen molar-refractivity contribution in [2.24, 2.45) is 10.7 Å². The molecule has 4 N–H and O–H groups in total. The van der Waals surface area contributed by atoms with Crippen LogP contribution < -0.4 is 11.1 Å². The zero-order chi connectivity index (χ0) is 16.8. The molecule has 0 unspecified atom stereocenters. The van der Waals surface area contributed by atoms with Crippen LogP contribution in [0.1, 0.15) is 36.7 Å². The largest absolute Gasteiger partial charge is 0.450 e. The van der Waals surface area contributed by atoms with Gasteiger partial charge in [-0.3, -0.25) is 5.10 Å². The lowest BCUT2D eigenvalue weighted by atomic mass is 10.1. The summed E-state index contributed by atoms with van der Waals surface area (Å²) in [5.74, 6) is 0.430. The molecule has 0 radical (unpaired) electrons. The van der Waals surface area contributed by atoms with Crippen molar-refractivity contribution in [1.82, 2.24) is 20.4 Å². The highest BCUT2D eigenvalue weighted by Gasteiger charge is 2.23. The molecule has 1 aromatic heterocycles. The van der Waals surface area contributed by atoms with Crippen LogP contribution in [0.15, 0.2) is 4.99 Å². The number of hydrogen-bond acceptors (Lipinski definition) is 4. The number of nitrogens with zero attached hydrogens (tertiary/aromatic N) is 3. The fourth-order valence-electron chi connectivity index (χ4n) is 2.65. The summed E-state index contributed by atoms with van der Waals surface area (Å²) in [5, 5.41) is 10.3. The molecule has 0 aliphatic carbocycles. The number of amides is 1. The number of aliphatic imine (C=N–C) groups is 1. The fraction of sp³-hybridized carbons (Fsp3) is 0.667. The lowest BCUT2D eigenvalue weighted by Crippen LogP contribution is -2.48. The molecule has 0 atom stereocenters. The summed E-state index contributed by atoms with van der Waals surface area (Å²) in [6.45, 7) is 7.99. The molecular formula is C15H27IN6O2. The van der Waals surface area contributed by atoms with Gasteiger partial charge in [-0.25, -0.2) is 9.79 Å². The summed E-state index contributed by atoms with van der Waals surface area (Å²) in [6.07, 6.45) is 1.43. The third kappa shape index (κ3) is 5.53. The Balaban J connectivity index is 0.00000288. The molecule has 0 aromatic carbocycles. The second-order valence-electron chi connectivity index (χ2n) is 5.72. The van der Waals surface area contributed by atoms with Crippen LogP contribution in [-0.4, -0.2) is 52.9 Å². The number of hydrogen-bond donors (Lipinski definition) is 3. The molecule has 2 heterocycles. The highest BCUT2D eigenvalue weighted by atomic mass is 127. The fourth-order valence-corrected chi connectivity index (χ4v) is 2.65. The summed E-state index contributed by atoms with van der Waals surface area (Å²) in [6, 6.07) is 0.232. The van der Waals surface area contributed by atoms with Crippen LogP contribution in [0, 0.1) is 13.8 Å². The van der Waals surface area contributed by atoms with Crippen molar-refractivity contribution in [2.45, 2.75) is 46.2 Å². The average molecular weight is 450 g/mol. The first-order valence-electron chi connectivity index (χ1n) is 7.99. The Kier molecular flexibility index (Phi) is 8.29. The summed E-state index contributed by atoms with van der Waals surface area (Å²) in [7, 11) is 0. The molecule has 8 nitrogen and oxygen atoms in total. The first-order valence-corrected chi connectivity index (χ1v) is 7.99. The number of carbonyl (C=O) groups is 1. The van der Waals surface area contributed by atoms with Crippen molar-refractivity contribution in [3.63, 3.8) is 0 Å². The van der Waals surface area contributed by atoms with Crippen LogP contribution >= 0.6 is 24.0 Å². The van der Waals surface area contributed by atoms with E-state index in [-0.39, 0.29) is 36.1 Å². The summed E-state index contributed by atoms with van der Waals surface area (Å²) in [4.78, 5) is 17.8. The highest BCUT2D eigenvalue weighted by Crippen LogP contribution is 2.12. The molecule has 1 aliphatic rings. The number of H-pyrrole nitrogens is 1. The van der Waals surface area contributed by atoms with Crippen molar-refractivity contribution in [1.29, 1.82) is 0 Å². The van der Waals surface area contributed by atoms with Gasteiger partial charge in [0.1, 0.15) is 0 Å². The maximum Gasteiger partial charge on any atom is 0.409 e. The zero-order valence-electron chi connectivity index (χ0n) is 14.5. The van der Waals surface area contributed by atoms with Gasteiger partial charge in [0.15, 0.2) is 5.96 Å². The smallest absolute Gasteiger partial charge is 0.409 e. The molecule has 0 bridgehead atoms. The van der Waals surface area contributed by atoms with E-state index in [1.165, 1.54) is 0 Å². The molecule has 0 spiro atoms. The van der Waals surface area contributed by atoms with Crippen LogP contribution in [0.25, 0.3) is 0 Å². The van der Waals surface area contributed by atoms with Crippen molar-refractivity contribution in [3.05, 3.63) is 17.0 Å². The number of aryl methyl sites for hydroxylation is 2. The molecule has 1 amide bonds. The van der Waals surface area contributed by atoms with Crippen LogP contribution in [0.2, 0.25) is 0 Å². The van der Waals surface area contributed by atoms with Crippen molar-refractivity contribution >= 4 is 36.0 Å². The number of nitrogens with one attached hydrogen (secondary N) is 2. The van der Waals surface area contributed by atoms with E-state index in [1.807, 2.05) is 20.8 Å². The van der Waals surface area contributed by atoms with Gasteiger partial charge in [-0.2, -0.15) is 5.10 Å². The molecule has 9 heteroatoms. The number of halogens is 1. The average Bonchev–Trinajstić information content (AvgIpc) is 2.85. The standard InChI is InChI=1S/C15H26N6O2.HI/c1-4-23-15(22)21-7-5-12(6-8-21)18-14(16)17-9-13-10(2)19-20-11(13)3;/h12H,4-9H2,1-3H3,(H,19,20)(H3,16,17,18);1H. The molecule has 24 heavy (non-hydrogen) atoms. The van der Waals surface area contributed by atoms with E-state index >= 15 is 0 Å². The van der Waals surface area contributed by atoms with Crippen LogP contribution in [0.4, 0.5) is 4.79 Å².